The molecule has 0 radical (unpaired) electrons. The number of nitrogens with zero attached hydrogens (tertiary/aromatic N) is 2. The quantitative estimate of drug-likeness (QED) is 0.764. The van der Waals surface area contributed by atoms with Gasteiger partial charge in [0.05, 0.1) is 12.3 Å². The van der Waals surface area contributed by atoms with E-state index in [2.05, 4.69) is 23.8 Å². The van der Waals surface area contributed by atoms with Crippen LogP contribution in [0.15, 0.2) is 12.3 Å². The van der Waals surface area contributed by atoms with Crippen LogP contribution in [0.5, 0.6) is 0 Å². The summed E-state index contributed by atoms with van der Waals surface area (Å²) in [5, 5.41) is 8.85. The third kappa shape index (κ3) is 3.51. The normalized spacial score (nSPS) is 10.8. The minimum absolute atomic E-state index is 0.00278. The summed E-state index contributed by atoms with van der Waals surface area (Å²) in [6.07, 6.45) is 3.69. The molecule has 1 aromatic rings. The van der Waals surface area contributed by atoms with Crippen LogP contribution >= 0.6 is 0 Å². The largest absolute Gasteiger partial charge is 0.390 e. The second-order valence-corrected chi connectivity index (χ2v) is 3.55. The third-order valence-electron chi connectivity index (χ3n) is 1.87. The average molecular weight is 180 g/mol. The van der Waals surface area contributed by atoms with Gasteiger partial charge in [-0.15, -0.1) is 0 Å². The van der Waals surface area contributed by atoms with E-state index in [0.29, 0.717) is 11.6 Å². The Balaban J connectivity index is 2.56. The summed E-state index contributed by atoms with van der Waals surface area (Å²) in [4.78, 5) is 8.34. The molecule has 0 unspecified atom stereocenters. The molecule has 1 rings (SSSR count). The molecule has 0 bridgehead atoms. The Hall–Kier alpha value is -0.960. The summed E-state index contributed by atoms with van der Waals surface area (Å²) in [7, 11) is 0. The Labute approximate surface area is 78.9 Å². The Kier molecular flexibility index (Phi) is 3.83. The minimum Gasteiger partial charge on any atom is -0.390 e. The lowest BCUT2D eigenvalue weighted by Crippen LogP contribution is -2.00. The van der Waals surface area contributed by atoms with E-state index in [1.165, 1.54) is 0 Å². The molecule has 1 N–H and O–H groups in total. The fraction of sp³-hybridized carbons (Fsp3) is 0.600. The van der Waals surface area contributed by atoms with Crippen LogP contribution in [0.3, 0.4) is 0 Å². The molecule has 0 aliphatic heterocycles. The predicted molar refractivity (Wildman–Crippen MR) is 51.1 cm³/mol. The van der Waals surface area contributed by atoms with E-state index in [1.807, 2.05) is 0 Å². The lowest BCUT2D eigenvalue weighted by atomic mass is 10.1. The SMILES string of the molecule is CC(C)CCc1nccc(CO)n1. The van der Waals surface area contributed by atoms with Crippen molar-refractivity contribution in [1.82, 2.24) is 9.97 Å². The zero-order valence-corrected chi connectivity index (χ0v) is 8.20. The number of rotatable bonds is 4. The maximum atomic E-state index is 8.85. The van der Waals surface area contributed by atoms with Crippen molar-refractivity contribution in [2.75, 3.05) is 0 Å². The van der Waals surface area contributed by atoms with Crippen molar-refractivity contribution >= 4 is 0 Å². The van der Waals surface area contributed by atoms with Crippen LogP contribution in [0.1, 0.15) is 31.8 Å². The molecule has 0 atom stereocenters. The van der Waals surface area contributed by atoms with Crippen LogP contribution in [0, 0.1) is 5.92 Å². The molecule has 0 aliphatic carbocycles. The fourth-order valence-electron chi connectivity index (χ4n) is 1.07. The van der Waals surface area contributed by atoms with Crippen molar-refractivity contribution in [2.24, 2.45) is 5.92 Å². The van der Waals surface area contributed by atoms with E-state index in [-0.39, 0.29) is 6.61 Å². The van der Waals surface area contributed by atoms with Gasteiger partial charge in [0, 0.05) is 12.6 Å². The molecule has 0 aromatic carbocycles. The molecule has 0 spiro atoms. The first-order valence-corrected chi connectivity index (χ1v) is 4.64. The standard InChI is InChI=1S/C10H16N2O/c1-8(2)3-4-10-11-6-5-9(7-13)12-10/h5-6,8,13H,3-4,7H2,1-2H3. The van der Waals surface area contributed by atoms with E-state index in [1.54, 1.807) is 12.3 Å². The molecule has 72 valence electrons. The van der Waals surface area contributed by atoms with Gasteiger partial charge in [-0.25, -0.2) is 9.97 Å². The van der Waals surface area contributed by atoms with Gasteiger partial charge in [-0.1, -0.05) is 13.8 Å². The lowest BCUT2D eigenvalue weighted by molar-refractivity contribution is 0.276. The fourth-order valence-corrected chi connectivity index (χ4v) is 1.07. The topological polar surface area (TPSA) is 46.0 Å². The second-order valence-electron chi connectivity index (χ2n) is 3.55. The van der Waals surface area contributed by atoms with Gasteiger partial charge in [-0.2, -0.15) is 0 Å². The van der Waals surface area contributed by atoms with E-state index in [4.69, 9.17) is 5.11 Å². The van der Waals surface area contributed by atoms with Gasteiger partial charge in [0.15, 0.2) is 0 Å². The molecule has 1 heterocycles. The van der Waals surface area contributed by atoms with Crippen LogP contribution in [-0.2, 0) is 13.0 Å². The van der Waals surface area contributed by atoms with Gasteiger partial charge < -0.3 is 5.11 Å². The number of hydrogen-bond donors (Lipinski definition) is 1. The van der Waals surface area contributed by atoms with Gasteiger partial charge in [-0.05, 0) is 18.4 Å². The highest BCUT2D eigenvalue weighted by Gasteiger charge is 2.00. The van der Waals surface area contributed by atoms with Gasteiger partial charge in [0.1, 0.15) is 5.82 Å². The number of aromatic nitrogens is 2. The summed E-state index contributed by atoms with van der Waals surface area (Å²) < 4.78 is 0. The number of aryl methyl sites for hydroxylation is 1. The van der Waals surface area contributed by atoms with Crippen molar-refractivity contribution in [3.8, 4) is 0 Å². The highest BCUT2D eigenvalue weighted by Crippen LogP contribution is 2.05. The molecule has 3 heteroatoms. The average Bonchev–Trinajstić information content (AvgIpc) is 2.15. The summed E-state index contributed by atoms with van der Waals surface area (Å²) in [6, 6.07) is 1.73. The zero-order chi connectivity index (χ0) is 9.68. The molecule has 1 aromatic heterocycles. The molecule has 0 saturated carbocycles. The molecule has 3 nitrogen and oxygen atoms in total. The monoisotopic (exact) mass is 180 g/mol. The first-order valence-electron chi connectivity index (χ1n) is 4.64. The van der Waals surface area contributed by atoms with Gasteiger partial charge in [0.25, 0.3) is 0 Å². The molecular weight excluding hydrogens is 164 g/mol. The first-order chi connectivity index (χ1) is 6.22. The van der Waals surface area contributed by atoms with Gasteiger partial charge in [0.2, 0.25) is 0 Å². The van der Waals surface area contributed by atoms with E-state index < -0.39 is 0 Å². The molecule has 0 saturated heterocycles. The third-order valence-corrected chi connectivity index (χ3v) is 1.87. The van der Waals surface area contributed by atoms with Crippen molar-refractivity contribution in [2.45, 2.75) is 33.3 Å². The minimum atomic E-state index is -0.00278. The number of hydrogen-bond acceptors (Lipinski definition) is 3. The maximum absolute atomic E-state index is 8.85. The van der Waals surface area contributed by atoms with Crippen LogP contribution in [-0.4, -0.2) is 15.1 Å². The van der Waals surface area contributed by atoms with E-state index in [9.17, 15) is 0 Å². The maximum Gasteiger partial charge on any atom is 0.128 e. The van der Waals surface area contributed by atoms with Crippen molar-refractivity contribution < 1.29 is 5.11 Å². The summed E-state index contributed by atoms with van der Waals surface area (Å²) in [6.45, 7) is 4.35. The smallest absolute Gasteiger partial charge is 0.128 e. The number of aliphatic hydroxyl groups excluding tert-OH is 1. The van der Waals surface area contributed by atoms with E-state index in [0.717, 1.165) is 18.7 Å². The molecule has 0 amide bonds. The lowest BCUT2D eigenvalue weighted by Gasteiger charge is -2.03. The summed E-state index contributed by atoms with van der Waals surface area (Å²) >= 11 is 0. The van der Waals surface area contributed by atoms with E-state index >= 15 is 0 Å². The highest BCUT2D eigenvalue weighted by molar-refractivity contribution is 5.00. The van der Waals surface area contributed by atoms with Crippen molar-refractivity contribution in [1.29, 1.82) is 0 Å². The van der Waals surface area contributed by atoms with Gasteiger partial charge >= 0.3 is 0 Å². The van der Waals surface area contributed by atoms with Crippen molar-refractivity contribution in [3.05, 3.63) is 23.8 Å². The highest BCUT2D eigenvalue weighted by atomic mass is 16.3. The van der Waals surface area contributed by atoms with Crippen LogP contribution in [0.25, 0.3) is 0 Å². The van der Waals surface area contributed by atoms with Crippen LogP contribution in [0.4, 0.5) is 0 Å². The molecular formula is C10H16N2O. The molecule has 13 heavy (non-hydrogen) atoms. The molecule has 0 aliphatic rings. The second kappa shape index (κ2) is 4.92. The summed E-state index contributed by atoms with van der Waals surface area (Å²) in [5.74, 6) is 1.50. The van der Waals surface area contributed by atoms with Crippen molar-refractivity contribution in [3.63, 3.8) is 0 Å². The Bertz CT molecular complexity index is 261. The zero-order valence-electron chi connectivity index (χ0n) is 8.20. The molecule has 0 fully saturated rings. The van der Waals surface area contributed by atoms with Gasteiger partial charge in [-0.3, -0.25) is 0 Å². The Morgan fingerprint density at radius 2 is 2.23 bits per heavy atom. The number of aliphatic hydroxyl groups is 1. The Morgan fingerprint density at radius 3 is 2.85 bits per heavy atom. The van der Waals surface area contributed by atoms with Crippen LogP contribution in [0.2, 0.25) is 0 Å². The van der Waals surface area contributed by atoms with Crippen LogP contribution < -0.4 is 0 Å². The first kappa shape index (κ1) is 10.1. The predicted octanol–water partition coefficient (Wildman–Crippen LogP) is 1.56. The Morgan fingerprint density at radius 1 is 1.46 bits per heavy atom. The summed E-state index contributed by atoms with van der Waals surface area (Å²) in [5.41, 5.74) is 0.703.